The lowest BCUT2D eigenvalue weighted by Gasteiger charge is -2.20. The summed E-state index contributed by atoms with van der Waals surface area (Å²) in [6.07, 6.45) is 3.08. The van der Waals surface area contributed by atoms with Crippen molar-refractivity contribution in [3.8, 4) is 17.6 Å². The third-order valence-electron chi connectivity index (χ3n) is 3.77. The third kappa shape index (κ3) is 5.58. The fourth-order valence-corrected chi connectivity index (χ4v) is 2.46. The Morgan fingerprint density at radius 3 is 2.59 bits per heavy atom. The molecule has 0 saturated heterocycles. The fourth-order valence-electron chi connectivity index (χ4n) is 2.46. The van der Waals surface area contributed by atoms with Gasteiger partial charge in [0.15, 0.2) is 11.6 Å². The highest BCUT2D eigenvalue weighted by atomic mass is 19.1. The number of halogens is 1. The Labute approximate surface area is 158 Å². The van der Waals surface area contributed by atoms with Crippen molar-refractivity contribution < 1.29 is 18.7 Å². The first-order chi connectivity index (χ1) is 13.1. The second-order valence-electron chi connectivity index (χ2n) is 5.55. The van der Waals surface area contributed by atoms with Crippen LogP contribution in [0.3, 0.4) is 0 Å². The Bertz CT molecular complexity index is 841. The van der Waals surface area contributed by atoms with Crippen molar-refractivity contribution in [3.05, 3.63) is 59.9 Å². The topological polar surface area (TPSA) is 62.6 Å². The number of benzene rings is 2. The van der Waals surface area contributed by atoms with Crippen LogP contribution in [0.25, 0.3) is 6.08 Å². The molecule has 0 atom stereocenters. The molecule has 0 spiro atoms. The highest BCUT2D eigenvalue weighted by Gasteiger charge is 2.13. The molecule has 2 aromatic rings. The monoisotopic (exact) mass is 368 g/mol. The molecule has 0 aliphatic carbocycles. The van der Waals surface area contributed by atoms with Crippen LogP contribution in [0, 0.1) is 17.1 Å². The molecule has 5 nitrogen and oxygen atoms in total. The quantitative estimate of drug-likeness (QED) is 0.656. The average molecular weight is 368 g/mol. The predicted molar refractivity (Wildman–Crippen MR) is 102 cm³/mol. The molecule has 0 saturated carbocycles. The smallest absolute Gasteiger partial charge is 0.251 e. The molecule has 27 heavy (non-hydrogen) atoms. The Morgan fingerprint density at radius 1 is 1.26 bits per heavy atom. The molecule has 0 fully saturated rings. The van der Waals surface area contributed by atoms with E-state index in [9.17, 15) is 9.18 Å². The lowest BCUT2D eigenvalue weighted by Crippen LogP contribution is -2.30. The Balaban J connectivity index is 2.18. The van der Waals surface area contributed by atoms with Gasteiger partial charge in [0.2, 0.25) is 0 Å². The number of amides is 1. The first kappa shape index (κ1) is 20.0. The molecule has 2 rings (SSSR count). The van der Waals surface area contributed by atoms with Crippen LogP contribution in [0.15, 0.2) is 48.5 Å². The molecule has 0 aliphatic rings. The van der Waals surface area contributed by atoms with Crippen molar-refractivity contribution in [2.75, 3.05) is 25.2 Å². The number of carbonyl (C=O) groups is 1. The number of ether oxygens (including phenoxy) is 2. The van der Waals surface area contributed by atoms with E-state index in [1.54, 1.807) is 30.3 Å². The van der Waals surface area contributed by atoms with E-state index in [0.717, 1.165) is 0 Å². The summed E-state index contributed by atoms with van der Waals surface area (Å²) in [6.45, 7) is 2.70. The van der Waals surface area contributed by atoms with Gasteiger partial charge in [0.05, 0.1) is 26.2 Å². The summed E-state index contributed by atoms with van der Waals surface area (Å²) in [6, 6.07) is 13.6. The van der Waals surface area contributed by atoms with Crippen molar-refractivity contribution in [1.82, 2.24) is 0 Å². The molecule has 1 amide bonds. The van der Waals surface area contributed by atoms with Crippen LogP contribution < -0.4 is 14.4 Å². The minimum atomic E-state index is -0.500. The summed E-state index contributed by atoms with van der Waals surface area (Å²) in [7, 11) is 1.39. The summed E-state index contributed by atoms with van der Waals surface area (Å²) < 4.78 is 24.0. The minimum Gasteiger partial charge on any atom is -0.494 e. The van der Waals surface area contributed by atoms with E-state index in [1.807, 2.05) is 13.0 Å². The zero-order chi connectivity index (χ0) is 19.6. The van der Waals surface area contributed by atoms with Gasteiger partial charge >= 0.3 is 0 Å². The number of rotatable bonds is 8. The molecule has 0 heterocycles. The van der Waals surface area contributed by atoms with Gasteiger partial charge in [-0.05, 0) is 55.0 Å². The largest absolute Gasteiger partial charge is 0.494 e. The predicted octanol–water partition coefficient (Wildman–Crippen LogP) is 4.19. The normalized spacial score (nSPS) is 10.4. The summed E-state index contributed by atoms with van der Waals surface area (Å²) in [5.41, 5.74) is 1.19. The lowest BCUT2D eigenvalue weighted by molar-refractivity contribution is -0.114. The molecule has 0 radical (unpaired) electrons. The van der Waals surface area contributed by atoms with Gasteiger partial charge in [-0.15, -0.1) is 0 Å². The number of nitriles is 1. The number of anilines is 1. The summed E-state index contributed by atoms with van der Waals surface area (Å²) in [5.74, 6) is 0.0484. The second-order valence-corrected chi connectivity index (χ2v) is 5.55. The first-order valence-electron chi connectivity index (χ1n) is 8.52. The molecule has 0 N–H and O–H groups in total. The number of nitrogens with zero attached hydrogens (tertiary/aromatic N) is 2. The molecular formula is C21H21FN2O3. The van der Waals surface area contributed by atoms with E-state index in [0.29, 0.717) is 23.6 Å². The van der Waals surface area contributed by atoms with Crippen LogP contribution >= 0.6 is 0 Å². The zero-order valence-corrected chi connectivity index (χ0v) is 15.3. The maximum Gasteiger partial charge on any atom is 0.251 e. The second kappa shape index (κ2) is 9.97. The minimum absolute atomic E-state index is 0.142. The van der Waals surface area contributed by atoms with Crippen LogP contribution in [0.4, 0.5) is 10.1 Å². The molecule has 140 valence electrons. The average Bonchev–Trinajstić information content (AvgIpc) is 2.68. The van der Waals surface area contributed by atoms with Gasteiger partial charge in [0.25, 0.3) is 5.91 Å². The summed E-state index contributed by atoms with van der Waals surface area (Å²) >= 11 is 0. The van der Waals surface area contributed by atoms with Gasteiger partial charge in [-0.1, -0.05) is 6.07 Å². The number of hydrogen-bond acceptors (Lipinski definition) is 4. The van der Waals surface area contributed by atoms with E-state index in [-0.39, 0.29) is 24.6 Å². The Morgan fingerprint density at radius 2 is 2.00 bits per heavy atom. The summed E-state index contributed by atoms with van der Waals surface area (Å²) in [4.78, 5) is 14.1. The van der Waals surface area contributed by atoms with Crippen LogP contribution in [0.1, 0.15) is 18.9 Å². The lowest BCUT2D eigenvalue weighted by atomic mass is 10.2. The van der Waals surface area contributed by atoms with Crippen molar-refractivity contribution in [1.29, 1.82) is 5.26 Å². The van der Waals surface area contributed by atoms with Crippen LogP contribution in [0.5, 0.6) is 11.5 Å². The zero-order valence-electron chi connectivity index (χ0n) is 15.3. The van der Waals surface area contributed by atoms with E-state index in [1.165, 1.54) is 36.3 Å². The van der Waals surface area contributed by atoms with Crippen molar-refractivity contribution in [2.24, 2.45) is 0 Å². The van der Waals surface area contributed by atoms with Gasteiger partial charge in [0.1, 0.15) is 5.75 Å². The fraction of sp³-hybridized carbons (Fsp3) is 0.238. The standard InChI is InChI=1S/C21H21FN2O3/c1-3-27-18-9-7-17(8-10-18)24(14-4-13-23)21(25)12-6-16-5-11-20(26-2)19(22)15-16/h5-12,15H,3-4,14H2,1-2H3/b12-6+. The van der Waals surface area contributed by atoms with Gasteiger partial charge in [-0.3, -0.25) is 4.79 Å². The maximum atomic E-state index is 13.8. The maximum absolute atomic E-state index is 13.8. The number of methoxy groups -OCH3 is 1. The van der Waals surface area contributed by atoms with E-state index in [4.69, 9.17) is 14.7 Å². The van der Waals surface area contributed by atoms with Gasteiger partial charge < -0.3 is 14.4 Å². The van der Waals surface area contributed by atoms with Crippen molar-refractivity contribution >= 4 is 17.7 Å². The van der Waals surface area contributed by atoms with E-state index < -0.39 is 5.82 Å². The SMILES string of the molecule is CCOc1ccc(N(CCC#N)C(=O)/C=C/c2ccc(OC)c(F)c2)cc1. The van der Waals surface area contributed by atoms with E-state index >= 15 is 0 Å². The van der Waals surface area contributed by atoms with Gasteiger partial charge in [-0.2, -0.15) is 5.26 Å². The van der Waals surface area contributed by atoms with Gasteiger partial charge in [0, 0.05) is 18.3 Å². The first-order valence-corrected chi connectivity index (χ1v) is 8.52. The molecule has 2 aromatic carbocycles. The van der Waals surface area contributed by atoms with Crippen LogP contribution in [-0.2, 0) is 4.79 Å². The number of carbonyl (C=O) groups excluding carboxylic acids is 1. The Kier molecular flexibility index (Phi) is 7.38. The molecule has 6 heteroatoms. The van der Waals surface area contributed by atoms with Crippen molar-refractivity contribution in [2.45, 2.75) is 13.3 Å². The van der Waals surface area contributed by atoms with Crippen LogP contribution in [0.2, 0.25) is 0 Å². The number of hydrogen-bond donors (Lipinski definition) is 0. The van der Waals surface area contributed by atoms with Crippen molar-refractivity contribution in [3.63, 3.8) is 0 Å². The highest BCUT2D eigenvalue weighted by molar-refractivity contribution is 6.03. The van der Waals surface area contributed by atoms with Gasteiger partial charge in [-0.25, -0.2) is 4.39 Å². The molecule has 0 bridgehead atoms. The molecule has 0 aliphatic heterocycles. The Hall–Kier alpha value is -3.33. The molecule has 0 aromatic heterocycles. The third-order valence-corrected chi connectivity index (χ3v) is 3.77. The van der Waals surface area contributed by atoms with Crippen LogP contribution in [-0.4, -0.2) is 26.2 Å². The highest BCUT2D eigenvalue weighted by Crippen LogP contribution is 2.21. The summed E-state index contributed by atoms with van der Waals surface area (Å²) in [5, 5.41) is 8.87. The molecule has 0 unspecified atom stereocenters. The molecular weight excluding hydrogens is 347 g/mol. The van der Waals surface area contributed by atoms with E-state index in [2.05, 4.69) is 0 Å².